The zero-order valence-corrected chi connectivity index (χ0v) is 10.4. The highest BCUT2D eigenvalue weighted by Gasteiger charge is 2.24. The van der Waals surface area contributed by atoms with Crippen LogP contribution in [0.3, 0.4) is 0 Å². The van der Waals surface area contributed by atoms with Crippen LogP contribution in [0.1, 0.15) is 23.0 Å². The number of Topliss-reactive ketones (excluding diaryl/α,β-unsaturated/α-hetero) is 1. The molecule has 3 rings (SSSR count). The first-order chi connectivity index (χ1) is 8.68. The maximum absolute atomic E-state index is 11.7. The molecule has 0 fully saturated rings. The SMILES string of the molecule is CC(=O)c1c2c(nn1C)-c1ccccc1OCC2. The summed E-state index contributed by atoms with van der Waals surface area (Å²) in [7, 11) is 1.81. The van der Waals surface area contributed by atoms with Gasteiger partial charge >= 0.3 is 0 Å². The predicted octanol–water partition coefficient (Wildman–Crippen LogP) is 2.22. The summed E-state index contributed by atoms with van der Waals surface area (Å²) in [5.41, 5.74) is 3.52. The lowest BCUT2D eigenvalue weighted by Gasteiger charge is -2.05. The standard InChI is InChI=1S/C14H14N2O2/c1-9(17)14-11-7-8-18-12-6-4-3-5-10(12)13(11)15-16(14)2/h3-6H,7-8H2,1-2H3. The summed E-state index contributed by atoms with van der Waals surface area (Å²) in [4.78, 5) is 11.7. The molecule has 0 amide bonds. The van der Waals surface area contributed by atoms with E-state index in [2.05, 4.69) is 5.10 Å². The third kappa shape index (κ3) is 1.53. The number of fused-ring (bicyclic) bond motifs is 3. The Morgan fingerprint density at radius 2 is 2.17 bits per heavy atom. The molecule has 1 aromatic heterocycles. The fraction of sp³-hybridized carbons (Fsp3) is 0.286. The number of nitrogens with zero attached hydrogens (tertiary/aromatic N) is 2. The summed E-state index contributed by atoms with van der Waals surface area (Å²) in [6, 6.07) is 7.82. The topological polar surface area (TPSA) is 44.1 Å². The van der Waals surface area contributed by atoms with Crippen LogP contribution in [0.25, 0.3) is 11.3 Å². The van der Waals surface area contributed by atoms with Crippen molar-refractivity contribution in [3.63, 3.8) is 0 Å². The smallest absolute Gasteiger partial charge is 0.178 e. The second-order valence-electron chi connectivity index (χ2n) is 4.45. The Bertz CT molecular complexity index is 629. The van der Waals surface area contributed by atoms with Gasteiger partial charge in [-0.25, -0.2) is 0 Å². The molecule has 1 aliphatic heterocycles. The molecular formula is C14H14N2O2. The Morgan fingerprint density at radius 1 is 1.39 bits per heavy atom. The van der Waals surface area contributed by atoms with Gasteiger partial charge in [0.2, 0.25) is 0 Å². The number of carbonyl (C=O) groups is 1. The number of aryl methyl sites for hydroxylation is 1. The van der Waals surface area contributed by atoms with Crippen LogP contribution < -0.4 is 4.74 Å². The van der Waals surface area contributed by atoms with E-state index in [9.17, 15) is 4.79 Å². The van der Waals surface area contributed by atoms with Crippen LogP contribution in [0.5, 0.6) is 5.75 Å². The van der Waals surface area contributed by atoms with Crippen molar-refractivity contribution in [3.05, 3.63) is 35.5 Å². The summed E-state index contributed by atoms with van der Waals surface area (Å²) in [6.45, 7) is 2.16. The molecule has 4 nitrogen and oxygen atoms in total. The lowest BCUT2D eigenvalue weighted by Crippen LogP contribution is -2.08. The number of hydrogen-bond acceptors (Lipinski definition) is 3. The highest BCUT2D eigenvalue weighted by molar-refractivity contribution is 5.96. The quantitative estimate of drug-likeness (QED) is 0.720. The Morgan fingerprint density at radius 3 is 2.94 bits per heavy atom. The number of aromatic nitrogens is 2. The molecule has 0 atom stereocenters. The van der Waals surface area contributed by atoms with Gasteiger partial charge in [0, 0.05) is 31.5 Å². The molecule has 4 heteroatoms. The van der Waals surface area contributed by atoms with E-state index >= 15 is 0 Å². The molecule has 0 saturated heterocycles. The number of para-hydroxylation sites is 1. The van der Waals surface area contributed by atoms with Gasteiger partial charge in [0.05, 0.1) is 6.61 Å². The van der Waals surface area contributed by atoms with Crippen LogP contribution in [-0.2, 0) is 13.5 Å². The molecule has 0 bridgehead atoms. The van der Waals surface area contributed by atoms with Gasteiger partial charge in [-0.15, -0.1) is 0 Å². The number of ketones is 1. The van der Waals surface area contributed by atoms with Crippen LogP contribution in [0.2, 0.25) is 0 Å². The van der Waals surface area contributed by atoms with Gasteiger partial charge in [0.25, 0.3) is 0 Å². The van der Waals surface area contributed by atoms with E-state index in [1.165, 1.54) is 0 Å². The van der Waals surface area contributed by atoms with Crippen LogP contribution >= 0.6 is 0 Å². The number of rotatable bonds is 1. The van der Waals surface area contributed by atoms with Crippen molar-refractivity contribution in [1.29, 1.82) is 0 Å². The van der Waals surface area contributed by atoms with Gasteiger partial charge in [-0.1, -0.05) is 12.1 Å². The average Bonchev–Trinajstić information content (AvgIpc) is 2.57. The first kappa shape index (κ1) is 11.0. The van der Waals surface area contributed by atoms with E-state index in [1.54, 1.807) is 11.6 Å². The maximum atomic E-state index is 11.7. The average molecular weight is 242 g/mol. The molecule has 1 aliphatic rings. The summed E-state index contributed by atoms with van der Waals surface area (Å²) < 4.78 is 7.38. The molecule has 0 spiro atoms. The zero-order chi connectivity index (χ0) is 12.7. The number of benzene rings is 1. The fourth-order valence-electron chi connectivity index (χ4n) is 2.51. The number of hydrogen-bond donors (Lipinski definition) is 0. The second kappa shape index (κ2) is 3.98. The minimum Gasteiger partial charge on any atom is -0.493 e. The highest BCUT2D eigenvalue weighted by Crippen LogP contribution is 2.35. The largest absolute Gasteiger partial charge is 0.493 e. The minimum atomic E-state index is 0.0469. The Balaban J connectivity index is 2.29. The molecule has 0 radical (unpaired) electrons. The van der Waals surface area contributed by atoms with Gasteiger partial charge in [0.1, 0.15) is 17.1 Å². The molecule has 2 heterocycles. The molecule has 18 heavy (non-hydrogen) atoms. The van der Waals surface area contributed by atoms with Gasteiger partial charge in [-0.3, -0.25) is 9.48 Å². The molecule has 0 saturated carbocycles. The Labute approximate surface area is 105 Å². The summed E-state index contributed by atoms with van der Waals surface area (Å²) in [6.07, 6.45) is 0.715. The van der Waals surface area contributed by atoms with E-state index in [0.717, 1.165) is 22.6 Å². The van der Waals surface area contributed by atoms with Crippen molar-refractivity contribution in [2.75, 3.05) is 6.61 Å². The molecule has 0 unspecified atom stereocenters. The first-order valence-electron chi connectivity index (χ1n) is 5.97. The van der Waals surface area contributed by atoms with E-state index in [1.807, 2.05) is 31.3 Å². The molecule has 2 aromatic rings. The van der Waals surface area contributed by atoms with Crippen LogP contribution in [-0.4, -0.2) is 22.2 Å². The molecule has 0 aliphatic carbocycles. The van der Waals surface area contributed by atoms with Gasteiger partial charge in [-0.05, 0) is 12.1 Å². The lowest BCUT2D eigenvalue weighted by molar-refractivity contribution is 0.100. The lowest BCUT2D eigenvalue weighted by atomic mass is 10.0. The van der Waals surface area contributed by atoms with Gasteiger partial charge < -0.3 is 4.74 Å². The monoisotopic (exact) mass is 242 g/mol. The third-order valence-corrected chi connectivity index (χ3v) is 3.23. The summed E-state index contributed by atoms with van der Waals surface area (Å²) in [5, 5.41) is 4.49. The Hall–Kier alpha value is -2.10. The maximum Gasteiger partial charge on any atom is 0.178 e. The van der Waals surface area contributed by atoms with Crippen LogP contribution in [0.4, 0.5) is 0 Å². The Kier molecular flexibility index (Phi) is 2.44. The van der Waals surface area contributed by atoms with Crippen LogP contribution in [0.15, 0.2) is 24.3 Å². The van der Waals surface area contributed by atoms with Crippen molar-refractivity contribution < 1.29 is 9.53 Å². The van der Waals surface area contributed by atoms with Crippen molar-refractivity contribution in [3.8, 4) is 17.0 Å². The van der Waals surface area contributed by atoms with Crippen molar-refractivity contribution in [2.24, 2.45) is 7.05 Å². The van der Waals surface area contributed by atoms with E-state index in [4.69, 9.17) is 4.74 Å². The van der Waals surface area contributed by atoms with Crippen molar-refractivity contribution >= 4 is 5.78 Å². The minimum absolute atomic E-state index is 0.0469. The van der Waals surface area contributed by atoms with Crippen molar-refractivity contribution in [1.82, 2.24) is 9.78 Å². The van der Waals surface area contributed by atoms with Crippen molar-refractivity contribution in [2.45, 2.75) is 13.3 Å². The molecule has 92 valence electrons. The molecule has 0 N–H and O–H groups in total. The normalized spacial score (nSPS) is 13.2. The highest BCUT2D eigenvalue weighted by atomic mass is 16.5. The zero-order valence-electron chi connectivity index (χ0n) is 10.4. The first-order valence-corrected chi connectivity index (χ1v) is 5.97. The number of ether oxygens (including phenoxy) is 1. The fourth-order valence-corrected chi connectivity index (χ4v) is 2.51. The third-order valence-electron chi connectivity index (χ3n) is 3.23. The van der Waals surface area contributed by atoms with E-state index in [-0.39, 0.29) is 5.78 Å². The molecular weight excluding hydrogens is 228 g/mol. The molecule has 1 aromatic carbocycles. The summed E-state index contributed by atoms with van der Waals surface area (Å²) >= 11 is 0. The summed E-state index contributed by atoms with van der Waals surface area (Å²) in [5.74, 6) is 0.884. The second-order valence-corrected chi connectivity index (χ2v) is 4.45. The van der Waals surface area contributed by atoms with Gasteiger partial charge in [0.15, 0.2) is 5.78 Å². The van der Waals surface area contributed by atoms with E-state index in [0.29, 0.717) is 18.7 Å². The van der Waals surface area contributed by atoms with E-state index < -0.39 is 0 Å². The number of carbonyl (C=O) groups excluding carboxylic acids is 1. The van der Waals surface area contributed by atoms with Crippen LogP contribution in [0, 0.1) is 0 Å². The predicted molar refractivity (Wildman–Crippen MR) is 67.8 cm³/mol. The van der Waals surface area contributed by atoms with Gasteiger partial charge in [-0.2, -0.15) is 5.10 Å².